The Morgan fingerprint density at radius 2 is 2.00 bits per heavy atom. The predicted molar refractivity (Wildman–Crippen MR) is 79.8 cm³/mol. The van der Waals surface area contributed by atoms with E-state index in [2.05, 4.69) is 0 Å². The Kier molecular flexibility index (Phi) is 4.15. The van der Waals surface area contributed by atoms with Crippen LogP contribution in [0.4, 0.5) is 0 Å². The first-order valence-electron chi connectivity index (χ1n) is 7.37. The van der Waals surface area contributed by atoms with Crippen molar-refractivity contribution < 1.29 is 27.5 Å². The summed E-state index contributed by atoms with van der Waals surface area (Å²) in [7, 11) is -3.24. The van der Waals surface area contributed by atoms with Gasteiger partial charge in [0.2, 0.25) is 0 Å². The number of piperazine rings is 1. The molecular weight excluding hydrogens is 324 g/mol. The number of sulfone groups is 1. The Hall–Kier alpha value is -1.87. The first kappa shape index (κ1) is 16.0. The van der Waals surface area contributed by atoms with Crippen LogP contribution in [-0.4, -0.2) is 78.4 Å². The molecule has 3 rings (SSSR count). The summed E-state index contributed by atoms with van der Waals surface area (Å²) in [6.07, 6.45) is 2.70. The number of furan rings is 1. The summed E-state index contributed by atoms with van der Waals surface area (Å²) < 4.78 is 29.0. The summed E-state index contributed by atoms with van der Waals surface area (Å²) in [6.45, 7) is 1.13. The third kappa shape index (κ3) is 3.25. The summed E-state index contributed by atoms with van der Waals surface area (Å²) >= 11 is 0. The van der Waals surface area contributed by atoms with Crippen molar-refractivity contribution in [3.05, 3.63) is 24.2 Å². The third-order valence-electron chi connectivity index (χ3n) is 4.43. The number of carbonyl (C=O) groups is 2. The molecule has 0 unspecified atom stereocenters. The van der Waals surface area contributed by atoms with Crippen LogP contribution in [-0.2, 0) is 14.6 Å². The average Bonchev–Trinajstić information content (AvgIpc) is 3.09. The molecule has 2 aliphatic rings. The Bertz CT molecular complexity index is 699. The lowest BCUT2D eigenvalue weighted by molar-refractivity contribution is -0.137. The first-order valence-corrected chi connectivity index (χ1v) is 9.19. The topological polar surface area (TPSA) is 108 Å². The van der Waals surface area contributed by atoms with Gasteiger partial charge in [-0.15, -0.1) is 0 Å². The Balaban J connectivity index is 1.81. The zero-order valence-electron chi connectivity index (χ0n) is 12.4. The molecule has 0 saturated carbocycles. The van der Waals surface area contributed by atoms with Crippen LogP contribution in [0.2, 0.25) is 0 Å². The van der Waals surface area contributed by atoms with Crippen LogP contribution >= 0.6 is 0 Å². The molecule has 1 aromatic rings. The van der Waals surface area contributed by atoms with E-state index in [4.69, 9.17) is 9.52 Å². The zero-order chi connectivity index (χ0) is 16.6. The fourth-order valence-corrected chi connectivity index (χ4v) is 5.36. The normalized spacial score (nSPS) is 26.9. The molecule has 0 aliphatic carbocycles. The summed E-state index contributed by atoms with van der Waals surface area (Å²) in [5.74, 6) is -1.28. The molecule has 23 heavy (non-hydrogen) atoms. The van der Waals surface area contributed by atoms with E-state index in [1.54, 1.807) is 11.0 Å². The molecule has 3 heterocycles. The highest BCUT2D eigenvalue weighted by molar-refractivity contribution is 7.91. The van der Waals surface area contributed by atoms with E-state index in [0.717, 1.165) is 0 Å². The second-order valence-corrected chi connectivity index (χ2v) is 8.06. The van der Waals surface area contributed by atoms with Crippen molar-refractivity contribution in [1.29, 1.82) is 0 Å². The number of amides is 1. The van der Waals surface area contributed by atoms with Crippen molar-refractivity contribution in [1.82, 2.24) is 9.80 Å². The van der Waals surface area contributed by atoms with Gasteiger partial charge in [0, 0.05) is 25.7 Å². The average molecular weight is 342 g/mol. The number of nitrogens with zero attached hydrogens (tertiary/aromatic N) is 2. The molecule has 1 amide bonds. The fourth-order valence-electron chi connectivity index (χ4n) is 3.35. The van der Waals surface area contributed by atoms with Gasteiger partial charge in [0.1, 0.15) is 6.26 Å². The number of fused-ring (bicyclic) bond motifs is 1. The standard InChI is InChI=1S/C14H18N2O6S/c17-13(18)1-3-15-4-5-16(14(19)10-2-6-22-7-10)12-9-23(20,21)8-11(12)15/h2,6-7,11-12H,1,3-5,8-9H2,(H,17,18)/t11-,12+/m1/s1. The van der Waals surface area contributed by atoms with E-state index < -0.39 is 21.8 Å². The van der Waals surface area contributed by atoms with Gasteiger partial charge in [-0.1, -0.05) is 0 Å². The van der Waals surface area contributed by atoms with Crippen molar-refractivity contribution in [2.75, 3.05) is 31.1 Å². The number of rotatable bonds is 4. The fraction of sp³-hybridized carbons (Fsp3) is 0.571. The summed E-state index contributed by atoms with van der Waals surface area (Å²) in [5, 5.41) is 8.83. The highest BCUT2D eigenvalue weighted by Crippen LogP contribution is 2.28. The largest absolute Gasteiger partial charge is 0.481 e. The highest BCUT2D eigenvalue weighted by Gasteiger charge is 2.48. The van der Waals surface area contributed by atoms with Crippen LogP contribution in [0.15, 0.2) is 23.0 Å². The minimum absolute atomic E-state index is 0.0353. The van der Waals surface area contributed by atoms with Gasteiger partial charge in [-0.2, -0.15) is 0 Å². The molecule has 126 valence electrons. The predicted octanol–water partition coefficient (Wildman–Crippen LogP) is -0.322. The van der Waals surface area contributed by atoms with Crippen LogP contribution in [0.25, 0.3) is 0 Å². The second kappa shape index (κ2) is 5.97. The van der Waals surface area contributed by atoms with Gasteiger partial charge in [0.15, 0.2) is 9.84 Å². The number of hydrogen-bond acceptors (Lipinski definition) is 6. The second-order valence-electron chi connectivity index (χ2n) is 5.90. The van der Waals surface area contributed by atoms with Crippen LogP contribution in [0.3, 0.4) is 0 Å². The number of aliphatic carboxylic acids is 1. The van der Waals surface area contributed by atoms with Crippen LogP contribution in [0, 0.1) is 0 Å². The van der Waals surface area contributed by atoms with Gasteiger partial charge in [-0.05, 0) is 6.07 Å². The van der Waals surface area contributed by atoms with E-state index in [-0.39, 0.29) is 29.9 Å². The van der Waals surface area contributed by atoms with Gasteiger partial charge in [-0.3, -0.25) is 14.5 Å². The monoisotopic (exact) mass is 342 g/mol. The maximum absolute atomic E-state index is 12.5. The quantitative estimate of drug-likeness (QED) is 0.798. The molecule has 2 fully saturated rings. The van der Waals surface area contributed by atoms with E-state index in [9.17, 15) is 18.0 Å². The molecule has 2 aliphatic heterocycles. The van der Waals surface area contributed by atoms with Crippen LogP contribution < -0.4 is 0 Å². The molecule has 1 aromatic heterocycles. The number of carbonyl (C=O) groups excluding carboxylic acids is 1. The van der Waals surface area contributed by atoms with Crippen LogP contribution in [0.5, 0.6) is 0 Å². The maximum Gasteiger partial charge on any atom is 0.304 e. The molecule has 0 spiro atoms. The molecule has 0 radical (unpaired) electrons. The van der Waals surface area contributed by atoms with Crippen molar-refractivity contribution >= 4 is 21.7 Å². The van der Waals surface area contributed by atoms with E-state index in [1.165, 1.54) is 12.5 Å². The Morgan fingerprint density at radius 1 is 1.26 bits per heavy atom. The van der Waals surface area contributed by atoms with Gasteiger partial charge < -0.3 is 14.4 Å². The number of hydrogen-bond donors (Lipinski definition) is 1. The smallest absolute Gasteiger partial charge is 0.304 e. The molecule has 2 saturated heterocycles. The lowest BCUT2D eigenvalue weighted by Gasteiger charge is -2.43. The number of carboxylic acid groups (broad SMARTS) is 1. The summed E-state index contributed by atoms with van der Waals surface area (Å²) in [5.41, 5.74) is 0.395. The zero-order valence-corrected chi connectivity index (χ0v) is 13.2. The SMILES string of the molecule is O=C(O)CCN1CCN(C(=O)c2ccoc2)[C@H]2CS(=O)(=O)C[C@H]21. The molecule has 8 nitrogen and oxygen atoms in total. The number of carboxylic acids is 1. The van der Waals surface area contributed by atoms with Crippen molar-refractivity contribution in [2.24, 2.45) is 0 Å². The van der Waals surface area contributed by atoms with Gasteiger partial charge in [-0.25, -0.2) is 8.42 Å². The highest BCUT2D eigenvalue weighted by atomic mass is 32.2. The van der Waals surface area contributed by atoms with Crippen molar-refractivity contribution in [3.8, 4) is 0 Å². The van der Waals surface area contributed by atoms with Gasteiger partial charge in [0.05, 0.1) is 35.8 Å². The van der Waals surface area contributed by atoms with Crippen LogP contribution in [0.1, 0.15) is 16.8 Å². The molecule has 1 N–H and O–H groups in total. The Labute approximate surface area is 133 Å². The van der Waals surface area contributed by atoms with Crippen molar-refractivity contribution in [3.63, 3.8) is 0 Å². The van der Waals surface area contributed by atoms with Gasteiger partial charge >= 0.3 is 5.97 Å². The lowest BCUT2D eigenvalue weighted by Crippen LogP contribution is -2.60. The van der Waals surface area contributed by atoms with Crippen molar-refractivity contribution in [2.45, 2.75) is 18.5 Å². The Morgan fingerprint density at radius 3 is 2.65 bits per heavy atom. The van der Waals surface area contributed by atoms with E-state index in [0.29, 0.717) is 25.2 Å². The summed E-state index contributed by atoms with van der Waals surface area (Å²) in [4.78, 5) is 26.8. The first-order chi connectivity index (χ1) is 10.9. The van der Waals surface area contributed by atoms with E-state index >= 15 is 0 Å². The molecule has 9 heteroatoms. The lowest BCUT2D eigenvalue weighted by atomic mass is 10.0. The molecule has 0 bridgehead atoms. The minimum atomic E-state index is -3.24. The maximum atomic E-state index is 12.5. The molecular formula is C14H18N2O6S. The summed E-state index contributed by atoms with van der Waals surface area (Å²) in [6, 6.07) is 0.770. The molecule has 0 aromatic carbocycles. The third-order valence-corrected chi connectivity index (χ3v) is 6.13. The molecule has 2 atom stereocenters. The minimum Gasteiger partial charge on any atom is -0.481 e. The van der Waals surface area contributed by atoms with E-state index in [1.807, 2.05) is 4.90 Å². The van der Waals surface area contributed by atoms with Gasteiger partial charge in [0.25, 0.3) is 5.91 Å².